The predicted octanol–water partition coefficient (Wildman–Crippen LogP) is 1.20. The van der Waals surface area contributed by atoms with Gasteiger partial charge in [-0.2, -0.15) is 0 Å². The number of nitro groups is 1. The molecular weight excluding hydrogens is 360 g/mol. The van der Waals surface area contributed by atoms with E-state index in [0.717, 1.165) is 6.20 Å². The van der Waals surface area contributed by atoms with Gasteiger partial charge in [0.05, 0.1) is 11.3 Å². The van der Waals surface area contributed by atoms with E-state index in [2.05, 4.69) is 10.4 Å². The number of benzene rings is 1. The first-order chi connectivity index (χ1) is 11.3. The predicted molar refractivity (Wildman–Crippen MR) is 84.5 cm³/mol. The normalized spacial score (nSPS) is 11.0. The van der Waals surface area contributed by atoms with Gasteiger partial charge in [0.15, 0.2) is 0 Å². The molecule has 2 N–H and O–H groups in total. The van der Waals surface area contributed by atoms with E-state index in [-0.39, 0.29) is 22.2 Å². The molecule has 0 bridgehead atoms. The van der Waals surface area contributed by atoms with E-state index in [9.17, 15) is 23.3 Å². The van der Waals surface area contributed by atoms with E-state index in [1.54, 1.807) is 0 Å². The highest BCUT2D eigenvalue weighted by molar-refractivity contribution is 7.89. The van der Waals surface area contributed by atoms with Gasteiger partial charge in [-0.15, -0.1) is 4.83 Å². The lowest BCUT2D eigenvalue weighted by Crippen LogP contribution is -2.42. The van der Waals surface area contributed by atoms with E-state index in [0.29, 0.717) is 5.56 Å². The molecule has 11 heteroatoms. The summed E-state index contributed by atoms with van der Waals surface area (Å²) in [6, 6.07) is 7.87. The average molecular weight is 371 g/mol. The maximum absolute atomic E-state index is 11.9. The van der Waals surface area contributed by atoms with Crippen LogP contribution in [0.25, 0.3) is 0 Å². The van der Waals surface area contributed by atoms with Crippen LogP contribution < -0.4 is 10.3 Å². The standard InChI is InChI=1S/C13H11ClN4O5S/c14-12-6-5-11(8-15-12)24(22,23)17-16-13(19)7-9-1-3-10(4-2-9)18(20)21/h1-6,8,17H,7H2,(H,16,19). The third-order valence-electron chi connectivity index (χ3n) is 2.85. The molecule has 0 radical (unpaired) electrons. The van der Waals surface area contributed by atoms with Gasteiger partial charge in [0.1, 0.15) is 10.0 Å². The van der Waals surface area contributed by atoms with E-state index in [4.69, 9.17) is 11.6 Å². The van der Waals surface area contributed by atoms with Gasteiger partial charge in [-0.3, -0.25) is 20.3 Å². The molecule has 0 aliphatic carbocycles. The quantitative estimate of drug-likeness (QED) is 0.446. The summed E-state index contributed by atoms with van der Waals surface area (Å²) in [6.45, 7) is 0. The van der Waals surface area contributed by atoms with Crippen molar-refractivity contribution in [2.45, 2.75) is 11.3 Å². The number of pyridine rings is 1. The minimum atomic E-state index is -3.97. The first kappa shape index (κ1) is 17.8. The number of aromatic nitrogens is 1. The zero-order valence-electron chi connectivity index (χ0n) is 12.0. The number of sulfonamides is 1. The first-order valence-corrected chi connectivity index (χ1v) is 8.29. The number of hydrogen-bond acceptors (Lipinski definition) is 6. The van der Waals surface area contributed by atoms with Crippen LogP contribution in [-0.2, 0) is 21.2 Å². The Hall–Kier alpha value is -2.56. The molecule has 1 heterocycles. The van der Waals surface area contributed by atoms with E-state index >= 15 is 0 Å². The lowest BCUT2D eigenvalue weighted by molar-refractivity contribution is -0.384. The smallest absolute Gasteiger partial charge is 0.269 e. The maximum atomic E-state index is 11.9. The molecule has 1 aromatic carbocycles. The molecule has 24 heavy (non-hydrogen) atoms. The van der Waals surface area contributed by atoms with Crippen molar-refractivity contribution in [1.82, 2.24) is 15.2 Å². The molecular formula is C13H11ClN4O5S. The number of hydrazine groups is 1. The molecule has 0 aliphatic heterocycles. The molecule has 2 aromatic rings. The van der Waals surface area contributed by atoms with Crippen LogP contribution in [0.5, 0.6) is 0 Å². The number of carbonyl (C=O) groups excluding carboxylic acids is 1. The van der Waals surface area contributed by atoms with Crippen LogP contribution >= 0.6 is 11.6 Å². The number of halogens is 1. The summed E-state index contributed by atoms with van der Waals surface area (Å²) in [4.78, 5) is 27.1. The maximum Gasteiger partial charge on any atom is 0.269 e. The Bertz CT molecular complexity index is 853. The van der Waals surface area contributed by atoms with Crippen molar-refractivity contribution in [3.8, 4) is 0 Å². The molecule has 1 amide bonds. The molecule has 0 fully saturated rings. The van der Waals surface area contributed by atoms with Crippen LogP contribution in [-0.4, -0.2) is 24.2 Å². The molecule has 0 atom stereocenters. The summed E-state index contributed by atoms with van der Waals surface area (Å²) >= 11 is 5.57. The second kappa shape index (κ2) is 7.34. The van der Waals surface area contributed by atoms with Gasteiger partial charge in [-0.1, -0.05) is 23.7 Å². The van der Waals surface area contributed by atoms with Crippen molar-refractivity contribution in [3.63, 3.8) is 0 Å². The lowest BCUT2D eigenvalue weighted by atomic mass is 10.1. The number of rotatable bonds is 6. The van der Waals surface area contributed by atoms with Crippen molar-refractivity contribution in [2.24, 2.45) is 0 Å². The van der Waals surface area contributed by atoms with Crippen LogP contribution in [0.2, 0.25) is 5.15 Å². The van der Waals surface area contributed by atoms with E-state index in [1.807, 2.05) is 4.83 Å². The molecule has 0 saturated carbocycles. The summed E-state index contributed by atoms with van der Waals surface area (Å²) in [6.07, 6.45) is 0.895. The molecule has 126 valence electrons. The fourth-order valence-electron chi connectivity index (χ4n) is 1.67. The van der Waals surface area contributed by atoms with Crippen molar-refractivity contribution in [3.05, 3.63) is 63.4 Å². The Morgan fingerprint density at radius 3 is 2.42 bits per heavy atom. The highest BCUT2D eigenvalue weighted by atomic mass is 35.5. The van der Waals surface area contributed by atoms with Gasteiger partial charge in [-0.05, 0) is 17.7 Å². The largest absolute Gasteiger partial charge is 0.277 e. The second-order valence-corrected chi connectivity index (χ2v) is 6.64. The van der Waals surface area contributed by atoms with Gasteiger partial charge in [0.2, 0.25) is 5.91 Å². The summed E-state index contributed by atoms with van der Waals surface area (Å²) in [5.74, 6) is -0.630. The fourth-order valence-corrected chi connectivity index (χ4v) is 2.59. The minimum Gasteiger partial charge on any atom is -0.277 e. The van der Waals surface area contributed by atoms with Crippen LogP contribution in [0.4, 0.5) is 5.69 Å². The number of non-ortho nitro benzene ring substituents is 1. The minimum absolute atomic E-state index is 0.102. The molecule has 0 aliphatic rings. The number of carbonyl (C=O) groups is 1. The third kappa shape index (κ3) is 4.72. The molecule has 0 saturated heterocycles. The van der Waals surface area contributed by atoms with Gasteiger partial charge in [-0.25, -0.2) is 13.4 Å². The number of hydrogen-bond donors (Lipinski definition) is 2. The molecule has 9 nitrogen and oxygen atoms in total. The number of nitrogens with zero attached hydrogens (tertiary/aromatic N) is 2. The molecule has 2 rings (SSSR count). The van der Waals surface area contributed by atoms with E-state index in [1.165, 1.54) is 36.4 Å². The molecule has 0 unspecified atom stereocenters. The Kier molecular flexibility index (Phi) is 5.44. The Morgan fingerprint density at radius 2 is 1.88 bits per heavy atom. The van der Waals surface area contributed by atoms with Crippen LogP contribution in [0.1, 0.15) is 5.56 Å². The van der Waals surface area contributed by atoms with Crippen molar-refractivity contribution in [1.29, 1.82) is 0 Å². The highest BCUT2D eigenvalue weighted by Gasteiger charge is 2.16. The monoisotopic (exact) mass is 370 g/mol. The van der Waals surface area contributed by atoms with Gasteiger partial charge >= 0.3 is 0 Å². The van der Waals surface area contributed by atoms with Crippen LogP contribution in [0.15, 0.2) is 47.5 Å². The highest BCUT2D eigenvalue weighted by Crippen LogP contribution is 2.12. The van der Waals surface area contributed by atoms with Crippen molar-refractivity contribution >= 4 is 33.2 Å². The topological polar surface area (TPSA) is 131 Å². The summed E-state index contributed by atoms with van der Waals surface area (Å²) in [7, 11) is -3.97. The van der Waals surface area contributed by atoms with Crippen molar-refractivity contribution < 1.29 is 18.1 Å². The zero-order chi connectivity index (χ0) is 17.7. The number of nitrogens with one attached hydrogen (secondary N) is 2. The molecule has 1 aromatic heterocycles. The van der Waals surface area contributed by atoms with Gasteiger partial charge in [0, 0.05) is 18.3 Å². The summed E-state index contributed by atoms with van der Waals surface area (Å²) in [5, 5.41) is 10.7. The number of nitro benzene ring substituents is 1. The van der Waals surface area contributed by atoms with E-state index < -0.39 is 20.9 Å². The zero-order valence-corrected chi connectivity index (χ0v) is 13.5. The fraction of sp³-hybridized carbons (Fsp3) is 0.0769. The van der Waals surface area contributed by atoms with Crippen LogP contribution in [0, 0.1) is 10.1 Å². The Labute approximate surface area is 141 Å². The summed E-state index contributed by atoms with van der Waals surface area (Å²) < 4.78 is 23.9. The van der Waals surface area contributed by atoms with Crippen molar-refractivity contribution in [2.75, 3.05) is 0 Å². The van der Waals surface area contributed by atoms with Gasteiger partial charge in [0.25, 0.3) is 15.7 Å². The second-order valence-electron chi connectivity index (χ2n) is 4.57. The van der Waals surface area contributed by atoms with Gasteiger partial charge < -0.3 is 0 Å². The first-order valence-electron chi connectivity index (χ1n) is 6.43. The SMILES string of the molecule is O=C(Cc1ccc([N+](=O)[O-])cc1)NNS(=O)(=O)c1ccc(Cl)nc1. The lowest BCUT2D eigenvalue weighted by Gasteiger charge is -2.08. The third-order valence-corrected chi connectivity index (χ3v) is 4.30. The molecule has 0 spiro atoms. The summed E-state index contributed by atoms with van der Waals surface area (Å²) in [5.41, 5.74) is 2.44. The average Bonchev–Trinajstić information content (AvgIpc) is 2.54. The van der Waals surface area contributed by atoms with Crippen LogP contribution in [0.3, 0.4) is 0 Å². The Morgan fingerprint density at radius 1 is 1.21 bits per heavy atom. The number of amides is 1. The Balaban J connectivity index is 1.95.